The van der Waals surface area contributed by atoms with Gasteiger partial charge in [-0.3, -0.25) is 4.79 Å². The molecule has 1 aliphatic carbocycles. The molecule has 7 nitrogen and oxygen atoms in total. The zero-order valence-corrected chi connectivity index (χ0v) is 8.72. The summed E-state index contributed by atoms with van der Waals surface area (Å²) in [4.78, 5) is 15.3. The van der Waals surface area contributed by atoms with Crippen LogP contribution in [0.15, 0.2) is 4.52 Å². The Kier molecular flexibility index (Phi) is 3.16. The highest BCUT2D eigenvalue weighted by Gasteiger charge is 2.26. The smallest absolute Gasteiger partial charge is 0.292 e. The molecule has 0 bridgehead atoms. The monoisotopic (exact) mass is 226 g/mol. The van der Waals surface area contributed by atoms with E-state index in [4.69, 9.17) is 10.3 Å². The van der Waals surface area contributed by atoms with E-state index in [1.165, 1.54) is 0 Å². The molecule has 1 fully saturated rings. The van der Waals surface area contributed by atoms with Crippen LogP contribution in [0.25, 0.3) is 0 Å². The normalized spacial score (nSPS) is 17.1. The van der Waals surface area contributed by atoms with E-state index < -0.39 is 6.10 Å². The Balaban J connectivity index is 1.97. The van der Waals surface area contributed by atoms with Crippen molar-refractivity contribution in [2.24, 2.45) is 5.73 Å². The molecular formula is C9H14N4O3. The lowest BCUT2D eigenvalue weighted by Crippen LogP contribution is -2.26. The minimum atomic E-state index is -0.903. The standard InChI is InChI=1S/C9H14N4O3/c10-4-3-6(14)9-12-7(13-16-9)8(15)11-5-1-2-5/h5-6,14H,1-4,10H2,(H,11,15)/t6-/m0/s1. The summed E-state index contributed by atoms with van der Waals surface area (Å²) in [7, 11) is 0. The van der Waals surface area contributed by atoms with Gasteiger partial charge in [0.2, 0.25) is 0 Å². The van der Waals surface area contributed by atoms with Crippen LogP contribution in [-0.2, 0) is 0 Å². The summed E-state index contributed by atoms with van der Waals surface area (Å²) in [6.07, 6.45) is 1.41. The number of nitrogens with two attached hydrogens (primary N) is 1. The predicted molar refractivity (Wildman–Crippen MR) is 53.4 cm³/mol. The van der Waals surface area contributed by atoms with Crippen LogP contribution in [0.2, 0.25) is 0 Å². The Morgan fingerprint density at radius 3 is 3.06 bits per heavy atom. The third-order valence-corrected chi connectivity index (χ3v) is 2.28. The van der Waals surface area contributed by atoms with Crippen molar-refractivity contribution in [3.63, 3.8) is 0 Å². The highest BCUT2D eigenvalue weighted by Crippen LogP contribution is 2.19. The number of carbonyl (C=O) groups is 1. The molecule has 1 saturated carbocycles. The van der Waals surface area contributed by atoms with Crippen LogP contribution in [0, 0.1) is 0 Å². The van der Waals surface area contributed by atoms with Crippen molar-refractivity contribution in [1.82, 2.24) is 15.5 Å². The lowest BCUT2D eigenvalue weighted by atomic mass is 10.2. The third-order valence-electron chi connectivity index (χ3n) is 2.28. The average molecular weight is 226 g/mol. The number of rotatable bonds is 5. The lowest BCUT2D eigenvalue weighted by Gasteiger charge is -2.01. The Morgan fingerprint density at radius 1 is 1.69 bits per heavy atom. The first kappa shape index (κ1) is 11.0. The molecule has 1 aliphatic rings. The summed E-state index contributed by atoms with van der Waals surface area (Å²) in [6, 6.07) is 0.239. The summed E-state index contributed by atoms with van der Waals surface area (Å²) < 4.78 is 4.77. The number of aliphatic hydroxyl groups excluding tert-OH is 1. The molecule has 1 amide bonds. The van der Waals surface area contributed by atoms with Gasteiger partial charge in [-0.2, -0.15) is 4.98 Å². The minimum Gasteiger partial charge on any atom is -0.383 e. The molecule has 0 unspecified atom stereocenters. The van der Waals surface area contributed by atoms with Gasteiger partial charge in [-0.25, -0.2) is 0 Å². The number of nitrogens with zero attached hydrogens (tertiary/aromatic N) is 2. The number of aromatic nitrogens is 2. The summed E-state index contributed by atoms with van der Waals surface area (Å²) >= 11 is 0. The number of carbonyl (C=O) groups excluding carboxylic acids is 1. The van der Waals surface area contributed by atoms with E-state index in [9.17, 15) is 9.90 Å². The molecule has 0 spiro atoms. The fourth-order valence-corrected chi connectivity index (χ4v) is 1.22. The number of nitrogens with one attached hydrogen (secondary N) is 1. The van der Waals surface area contributed by atoms with Crippen LogP contribution >= 0.6 is 0 Å². The first-order chi connectivity index (χ1) is 7.70. The zero-order chi connectivity index (χ0) is 11.5. The van der Waals surface area contributed by atoms with Gasteiger partial charge in [0.1, 0.15) is 6.10 Å². The van der Waals surface area contributed by atoms with E-state index in [0.717, 1.165) is 12.8 Å². The van der Waals surface area contributed by atoms with Gasteiger partial charge in [0.05, 0.1) is 0 Å². The minimum absolute atomic E-state index is 0.0337. The Morgan fingerprint density at radius 2 is 2.44 bits per heavy atom. The fraction of sp³-hybridized carbons (Fsp3) is 0.667. The van der Waals surface area contributed by atoms with Crippen molar-refractivity contribution in [3.8, 4) is 0 Å². The van der Waals surface area contributed by atoms with Gasteiger partial charge in [-0.15, -0.1) is 0 Å². The van der Waals surface area contributed by atoms with Gasteiger partial charge in [0.25, 0.3) is 17.6 Å². The van der Waals surface area contributed by atoms with Crippen molar-refractivity contribution >= 4 is 5.91 Å². The molecule has 88 valence electrons. The van der Waals surface area contributed by atoms with Gasteiger partial charge < -0.3 is 20.7 Å². The fourth-order valence-electron chi connectivity index (χ4n) is 1.22. The van der Waals surface area contributed by atoms with Crippen LogP contribution in [0.1, 0.15) is 41.9 Å². The zero-order valence-electron chi connectivity index (χ0n) is 8.72. The van der Waals surface area contributed by atoms with Crippen LogP contribution in [-0.4, -0.2) is 33.7 Å². The van der Waals surface area contributed by atoms with Gasteiger partial charge in [-0.1, -0.05) is 5.16 Å². The molecule has 7 heteroatoms. The molecule has 0 radical (unpaired) electrons. The van der Waals surface area contributed by atoms with E-state index >= 15 is 0 Å². The van der Waals surface area contributed by atoms with Crippen LogP contribution < -0.4 is 11.1 Å². The molecule has 0 aromatic carbocycles. The maximum atomic E-state index is 11.5. The van der Waals surface area contributed by atoms with E-state index in [2.05, 4.69) is 15.5 Å². The summed E-state index contributed by atoms with van der Waals surface area (Å²) in [5, 5.41) is 15.7. The van der Waals surface area contributed by atoms with Crippen molar-refractivity contribution in [2.45, 2.75) is 31.4 Å². The topological polar surface area (TPSA) is 114 Å². The number of amides is 1. The van der Waals surface area contributed by atoms with Crippen molar-refractivity contribution in [1.29, 1.82) is 0 Å². The summed E-state index contributed by atoms with van der Waals surface area (Å²) in [5.41, 5.74) is 5.28. The van der Waals surface area contributed by atoms with Crippen molar-refractivity contribution in [3.05, 3.63) is 11.7 Å². The Labute approximate surface area is 92.0 Å². The summed E-state index contributed by atoms with van der Waals surface area (Å²) in [5.74, 6) is -0.373. The molecule has 4 N–H and O–H groups in total. The highest BCUT2D eigenvalue weighted by atomic mass is 16.5. The van der Waals surface area contributed by atoms with Crippen molar-refractivity contribution < 1.29 is 14.4 Å². The average Bonchev–Trinajstić information content (AvgIpc) is 2.93. The number of hydrogen-bond acceptors (Lipinski definition) is 6. The van der Waals surface area contributed by atoms with Gasteiger partial charge >= 0.3 is 0 Å². The first-order valence-corrected chi connectivity index (χ1v) is 5.23. The second-order valence-electron chi connectivity index (χ2n) is 3.80. The van der Waals surface area contributed by atoms with Crippen LogP contribution in [0.5, 0.6) is 0 Å². The molecule has 1 aromatic heterocycles. The van der Waals surface area contributed by atoms with Crippen LogP contribution in [0.3, 0.4) is 0 Å². The quantitative estimate of drug-likeness (QED) is 0.614. The SMILES string of the molecule is NCC[C@H](O)c1nc(C(=O)NC2CC2)no1. The Bertz CT molecular complexity index is 375. The lowest BCUT2D eigenvalue weighted by molar-refractivity contribution is 0.0937. The molecule has 16 heavy (non-hydrogen) atoms. The summed E-state index contributed by atoms with van der Waals surface area (Å²) in [6.45, 7) is 0.313. The molecule has 0 aliphatic heterocycles. The molecule has 0 saturated heterocycles. The molecule has 1 atom stereocenters. The van der Waals surface area contributed by atoms with Crippen molar-refractivity contribution in [2.75, 3.05) is 6.54 Å². The maximum absolute atomic E-state index is 11.5. The molecule has 1 heterocycles. The molecule has 1 aromatic rings. The maximum Gasteiger partial charge on any atom is 0.292 e. The first-order valence-electron chi connectivity index (χ1n) is 5.23. The van der Waals surface area contributed by atoms with Gasteiger partial charge in [-0.05, 0) is 25.8 Å². The van der Waals surface area contributed by atoms with Crippen LogP contribution in [0.4, 0.5) is 0 Å². The highest BCUT2D eigenvalue weighted by molar-refractivity contribution is 5.90. The second-order valence-corrected chi connectivity index (χ2v) is 3.80. The van der Waals surface area contributed by atoms with E-state index in [1.807, 2.05) is 0 Å². The Hall–Kier alpha value is -1.47. The third kappa shape index (κ3) is 2.56. The van der Waals surface area contributed by atoms with E-state index in [0.29, 0.717) is 13.0 Å². The second kappa shape index (κ2) is 4.58. The predicted octanol–water partition coefficient (Wildman–Crippen LogP) is -0.656. The van der Waals surface area contributed by atoms with E-state index in [-0.39, 0.29) is 23.7 Å². The largest absolute Gasteiger partial charge is 0.383 e. The van der Waals surface area contributed by atoms with Gasteiger partial charge in [0.15, 0.2) is 0 Å². The number of hydrogen-bond donors (Lipinski definition) is 3. The molecular weight excluding hydrogens is 212 g/mol. The van der Waals surface area contributed by atoms with E-state index in [1.54, 1.807) is 0 Å². The molecule has 2 rings (SSSR count). The number of aliphatic hydroxyl groups is 1. The van der Waals surface area contributed by atoms with Gasteiger partial charge in [0, 0.05) is 6.04 Å².